The zero-order valence-electron chi connectivity index (χ0n) is 20.2. The summed E-state index contributed by atoms with van der Waals surface area (Å²) < 4.78 is 22.8. The number of hydrogen-bond acceptors (Lipinski definition) is 6. The highest BCUT2D eigenvalue weighted by Crippen LogP contribution is 2.42. The van der Waals surface area contributed by atoms with Gasteiger partial charge in [-0.1, -0.05) is 25.4 Å². The Balaban J connectivity index is 1.90. The van der Waals surface area contributed by atoms with Crippen LogP contribution in [0, 0.1) is 18.7 Å². The molecule has 0 saturated carbocycles. The second kappa shape index (κ2) is 9.43. The van der Waals surface area contributed by atoms with Crippen LogP contribution in [0.2, 0.25) is 5.02 Å². The number of benzene rings is 1. The molecule has 0 bridgehead atoms. The lowest BCUT2D eigenvalue weighted by atomic mass is 9.81. The number of aromatic nitrogens is 4. The molecule has 0 spiro atoms. The third kappa shape index (κ3) is 4.00. The Kier molecular flexibility index (Phi) is 6.70. The minimum atomic E-state index is -0.774. The topological polar surface area (TPSA) is 102 Å². The predicted octanol–water partition coefficient (Wildman–Crippen LogP) is 3.45. The zero-order valence-corrected chi connectivity index (χ0v) is 20.9. The smallest absolute Gasteiger partial charge is 0.350 e. The second-order valence-corrected chi connectivity index (χ2v) is 9.16. The third-order valence-electron chi connectivity index (χ3n) is 6.41. The minimum Gasteiger partial charge on any atom is -0.480 e. The van der Waals surface area contributed by atoms with Gasteiger partial charge in [0.05, 0.1) is 12.8 Å². The largest absolute Gasteiger partial charge is 0.480 e. The molecule has 1 aliphatic rings. The van der Waals surface area contributed by atoms with Crippen molar-refractivity contribution in [3.63, 3.8) is 0 Å². The number of carbonyl (C=O) groups is 1. The van der Waals surface area contributed by atoms with E-state index in [1.54, 1.807) is 20.0 Å². The van der Waals surface area contributed by atoms with E-state index in [1.807, 2.05) is 13.8 Å². The highest BCUT2D eigenvalue weighted by atomic mass is 35.5. The predicted molar refractivity (Wildman–Crippen MR) is 129 cm³/mol. The molecular weight excluding hydrogens is 477 g/mol. The van der Waals surface area contributed by atoms with Crippen LogP contribution in [0.1, 0.15) is 54.0 Å². The molecule has 1 N–H and O–H groups in total. The first-order chi connectivity index (χ1) is 16.6. The molecule has 11 heteroatoms. The standard InChI is InChI=1S/C24H27ClFN5O4/c1-6-29-19(11-32)28-31(24(29)34)18-8-14-15(7-17(18)26)23(33)30(10-16(14)12(2)3)21-13(4)9-27-22(35-5)20(21)25/h7-9,12,16,32H,6,10-11H2,1-5H3/t16-/m1/s1. The molecule has 186 valence electrons. The van der Waals surface area contributed by atoms with Crippen LogP contribution in [0.3, 0.4) is 0 Å². The Morgan fingerprint density at radius 2 is 2.03 bits per heavy atom. The first-order valence-electron chi connectivity index (χ1n) is 11.3. The molecule has 0 aliphatic carbocycles. The Labute approximate surface area is 206 Å². The summed E-state index contributed by atoms with van der Waals surface area (Å²) in [5, 5.41) is 13.9. The third-order valence-corrected chi connectivity index (χ3v) is 6.75. The summed E-state index contributed by atoms with van der Waals surface area (Å²) >= 11 is 6.54. The Hall–Kier alpha value is -3.24. The van der Waals surface area contributed by atoms with Crippen molar-refractivity contribution in [1.29, 1.82) is 0 Å². The molecule has 2 aromatic heterocycles. The first kappa shape index (κ1) is 24.9. The van der Waals surface area contributed by atoms with Gasteiger partial charge in [-0.2, -0.15) is 4.68 Å². The summed E-state index contributed by atoms with van der Waals surface area (Å²) in [5.41, 5.74) is 1.33. The molecule has 0 radical (unpaired) electrons. The number of carbonyl (C=O) groups excluding carboxylic acids is 1. The summed E-state index contributed by atoms with van der Waals surface area (Å²) in [6.07, 6.45) is 1.58. The van der Waals surface area contributed by atoms with E-state index >= 15 is 4.39 Å². The molecule has 0 fully saturated rings. The lowest BCUT2D eigenvalue weighted by Gasteiger charge is -2.37. The van der Waals surface area contributed by atoms with Crippen molar-refractivity contribution in [2.45, 2.75) is 46.8 Å². The fourth-order valence-electron chi connectivity index (χ4n) is 4.57. The fraction of sp³-hybridized carbons (Fsp3) is 0.417. The molecule has 1 amide bonds. The normalized spacial score (nSPS) is 15.6. The van der Waals surface area contributed by atoms with Crippen LogP contribution < -0.4 is 15.3 Å². The van der Waals surface area contributed by atoms with Gasteiger partial charge in [0.25, 0.3) is 5.91 Å². The van der Waals surface area contributed by atoms with Crippen molar-refractivity contribution >= 4 is 23.2 Å². The number of hydrogen-bond donors (Lipinski definition) is 1. The number of aliphatic hydroxyl groups is 1. The van der Waals surface area contributed by atoms with E-state index < -0.39 is 24.0 Å². The van der Waals surface area contributed by atoms with Gasteiger partial charge in [0.15, 0.2) is 5.82 Å². The van der Waals surface area contributed by atoms with Crippen molar-refractivity contribution in [2.75, 3.05) is 18.6 Å². The molecule has 3 heterocycles. The Morgan fingerprint density at radius 1 is 1.31 bits per heavy atom. The average Bonchev–Trinajstić information content (AvgIpc) is 3.15. The fourth-order valence-corrected chi connectivity index (χ4v) is 4.95. The quantitative estimate of drug-likeness (QED) is 0.552. The summed E-state index contributed by atoms with van der Waals surface area (Å²) in [5.74, 6) is -0.971. The van der Waals surface area contributed by atoms with Gasteiger partial charge in [-0.15, -0.1) is 5.10 Å². The SMILES string of the molecule is CCn1c(CO)nn(-c2cc3c(cc2F)C(=O)N(c2c(C)cnc(OC)c2Cl)C[C@@H]3C(C)C)c1=O. The van der Waals surface area contributed by atoms with Gasteiger partial charge in [0.1, 0.15) is 23.1 Å². The van der Waals surface area contributed by atoms with Gasteiger partial charge >= 0.3 is 5.69 Å². The zero-order chi connectivity index (χ0) is 25.6. The Bertz CT molecular complexity index is 1370. The van der Waals surface area contributed by atoms with Crippen LogP contribution in [0.25, 0.3) is 5.69 Å². The number of nitrogens with zero attached hydrogens (tertiary/aromatic N) is 5. The summed E-state index contributed by atoms with van der Waals surface area (Å²) in [7, 11) is 1.44. The van der Waals surface area contributed by atoms with Crippen LogP contribution in [0.15, 0.2) is 23.1 Å². The monoisotopic (exact) mass is 503 g/mol. The number of rotatable bonds is 6. The van der Waals surface area contributed by atoms with Crippen molar-refractivity contribution in [1.82, 2.24) is 19.3 Å². The number of amides is 1. The number of methoxy groups -OCH3 is 1. The van der Waals surface area contributed by atoms with E-state index in [1.165, 1.54) is 22.6 Å². The molecule has 1 aromatic carbocycles. The number of fused-ring (bicyclic) bond motifs is 1. The van der Waals surface area contributed by atoms with Crippen LogP contribution in [-0.2, 0) is 13.2 Å². The summed E-state index contributed by atoms with van der Waals surface area (Å²) in [6, 6.07) is 2.66. The van der Waals surface area contributed by atoms with Crippen LogP contribution in [-0.4, -0.2) is 44.0 Å². The van der Waals surface area contributed by atoms with Crippen LogP contribution in [0.4, 0.5) is 10.1 Å². The lowest BCUT2D eigenvalue weighted by Crippen LogP contribution is -2.42. The van der Waals surface area contributed by atoms with E-state index in [0.29, 0.717) is 23.4 Å². The minimum absolute atomic E-state index is 0.0673. The van der Waals surface area contributed by atoms with E-state index in [0.717, 1.165) is 10.7 Å². The number of pyridine rings is 1. The highest BCUT2D eigenvalue weighted by Gasteiger charge is 2.37. The summed E-state index contributed by atoms with van der Waals surface area (Å²) in [4.78, 5) is 32.1. The average molecular weight is 504 g/mol. The molecule has 0 saturated heterocycles. The maximum atomic E-state index is 15.4. The molecule has 1 atom stereocenters. The molecule has 4 rings (SSSR count). The molecular formula is C24H27ClFN5O4. The van der Waals surface area contributed by atoms with E-state index in [-0.39, 0.29) is 46.4 Å². The number of anilines is 1. The van der Waals surface area contributed by atoms with Crippen molar-refractivity contribution in [3.8, 4) is 11.6 Å². The van der Waals surface area contributed by atoms with E-state index in [2.05, 4.69) is 10.1 Å². The first-order valence-corrected chi connectivity index (χ1v) is 11.7. The molecule has 3 aromatic rings. The summed E-state index contributed by atoms with van der Waals surface area (Å²) in [6.45, 7) is 7.66. The number of halogens is 2. The molecule has 1 aliphatic heterocycles. The molecule has 0 unspecified atom stereocenters. The molecule has 9 nitrogen and oxygen atoms in total. The van der Waals surface area contributed by atoms with Gasteiger partial charge in [-0.25, -0.2) is 14.2 Å². The van der Waals surface area contributed by atoms with Crippen LogP contribution in [0.5, 0.6) is 5.88 Å². The maximum Gasteiger partial charge on any atom is 0.350 e. The van der Waals surface area contributed by atoms with Gasteiger partial charge in [-0.05, 0) is 43.0 Å². The number of aryl methyl sites for hydroxylation is 1. The van der Waals surface area contributed by atoms with Crippen molar-refractivity contribution < 1.29 is 19.0 Å². The number of ether oxygens (including phenoxy) is 1. The second-order valence-electron chi connectivity index (χ2n) is 8.78. The number of aliphatic hydroxyl groups excluding tert-OH is 1. The Morgan fingerprint density at radius 3 is 2.60 bits per heavy atom. The van der Waals surface area contributed by atoms with E-state index in [4.69, 9.17) is 16.3 Å². The lowest BCUT2D eigenvalue weighted by molar-refractivity contribution is 0.0973. The maximum absolute atomic E-state index is 15.4. The van der Waals surface area contributed by atoms with Gasteiger partial charge in [-0.3, -0.25) is 9.36 Å². The van der Waals surface area contributed by atoms with Crippen molar-refractivity contribution in [2.24, 2.45) is 5.92 Å². The van der Waals surface area contributed by atoms with Gasteiger partial charge in [0.2, 0.25) is 5.88 Å². The van der Waals surface area contributed by atoms with Crippen molar-refractivity contribution in [3.05, 3.63) is 62.2 Å². The van der Waals surface area contributed by atoms with Crippen LogP contribution >= 0.6 is 11.6 Å². The van der Waals surface area contributed by atoms with E-state index in [9.17, 15) is 14.7 Å². The van der Waals surface area contributed by atoms with Gasteiger partial charge in [0, 0.05) is 30.8 Å². The highest BCUT2D eigenvalue weighted by molar-refractivity contribution is 6.35. The van der Waals surface area contributed by atoms with Gasteiger partial charge < -0.3 is 14.7 Å². The molecule has 35 heavy (non-hydrogen) atoms.